The van der Waals surface area contributed by atoms with E-state index in [1.807, 2.05) is 0 Å². The highest BCUT2D eigenvalue weighted by Gasteiger charge is 2.28. The molecule has 76 valence electrons. The highest BCUT2D eigenvalue weighted by atomic mass is 16.1. The molecule has 0 aliphatic heterocycles. The highest BCUT2D eigenvalue weighted by Crippen LogP contribution is 2.29. The SMILES string of the molecule is CCC1CC(NC(=O)CC(C)C)C1. The molecule has 0 unspecified atom stereocenters. The molecule has 1 amide bonds. The molecule has 0 bridgehead atoms. The highest BCUT2D eigenvalue weighted by molar-refractivity contribution is 5.76. The van der Waals surface area contributed by atoms with E-state index < -0.39 is 0 Å². The summed E-state index contributed by atoms with van der Waals surface area (Å²) in [5.41, 5.74) is 0. The minimum absolute atomic E-state index is 0.231. The maximum Gasteiger partial charge on any atom is 0.220 e. The van der Waals surface area contributed by atoms with Crippen molar-refractivity contribution < 1.29 is 4.79 Å². The minimum Gasteiger partial charge on any atom is -0.353 e. The molecule has 2 nitrogen and oxygen atoms in total. The summed E-state index contributed by atoms with van der Waals surface area (Å²) in [5.74, 6) is 1.57. The van der Waals surface area contributed by atoms with Gasteiger partial charge >= 0.3 is 0 Å². The number of hydrogen-bond donors (Lipinski definition) is 1. The van der Waals surface area contributed by atoms with Gasteiger partial charge in [0.2, 0.25) is 5.91 Å². The third-order valence-corrected chi connectivity index (χ3v) is 2.77. The van der Waals surface area contributed by atoms with Crippen LogP contribution in [-0.4, -0.2) is 11.9 Å². The van der Waals surface area contributed by atoms with Crippen LogP contribution in [0.4, 0.5) is 0 Å². The standard InChI is InChI=1S/C11H21NO/c1-4-9-6-10(7-9)12-11(13)5-8(2)3/h8-10H,4-7H2,1-3H3,(H,12,13). The van der Waals surface area contributed by atoms with Crippen molar-refractivity contribution in [2.75, 3.05) is 0 Å². The lowest BCUT2D eigenvalue weighted by Crippen LogP contribution is -2.44. The molecular weight excluding hydrogens is 162 g/mol. The van der Waals surface area contributed by atoms with Gasteiger partial charge in [-0.1, -0.05) is 27.2 Å². The van der Waals surface area contributed by atoms with Gasteiger partial charge in [-0.2, -0.15) is 0 Å². The number of amides is 1. The van der Waals surface area contributed by atoms with Crippen LogP contribution in [0.15, 0.2) is 0 Å². The first-order valence-corrected chi connectivity index (χ1v) is 5.41. The third kappa shape index (κ3) is 3.37. The maximum atomic E-state index is 11.3. The van der Waals surface area contributed by atoms with E-state index in [0.717, 1.165) is 5.92 Å². The van der Waals surface area contributed by atoms with Gasteiger partial charge in [0.25, 0.3) is 0 Å². The number of hydrogen-bond acceptors (Lipinski definition) is 1. The summed E-state index contributed by atoms with van der Waals surface area (Å²) >= 11 is 0. The van der Waals surface area contributed by atoms with Crippen LogP contribution in [0.2, 0.25) is 0 Å². The fourth-order valence-corrected chi connectivity index (χ4v) is 1.84. The van der Waals surface area contributed by atoms with Gasteiger partial charge in [-0.3, -0.25) is 4.79 Å². The summed E-state index contributed by atoms with van der Waals surface area (Å²) in [6.45, 7) is 6.38. The zero-order valence-corrected chi connectivity index (χ0v) is 8.97. The number of rotatable bonds is 4. The monoisotopic (exact) mass is 183 g/mol. The Kier molecular flexibility index (Phi) is 3.76. The van der Waals surface area contributed by atoms with E-state index in [2.05, 4.69) is 26.1 Å². The van der Waals surface area contributed by atoms with E-state index in [0.29, 0.717) is 18.4 Å². The van der Waals surface area contributed by atoms with E-state index >= 15 is 0 Å². The van der Waals surface area contributed by atoms with E-state index in [1.165, 1.54) is 19.3 Å². The Balaban J connectivity index is 2.09. The third-order valence-electron chi connectivity index (χ3n) is 2.77. The lowest BCUT2D eigenvalue weighted by molar-refractivity contribution is -0.123. The van der Waals surface area contributed by atoms with Gasteiger partial charge in [-0.25, -0.2) is 0 Å². The van der Waals surface area contributed by atoms with Crippen molar-refractivity contribution in [2.45, 2.75) is 52.5 Å². The quantitative estimate of drug-likeness (QED) is 0.712. The molecule has 0 aromatic heterocycles. The summed E-state index contributed by atoms with van der Waals surface area (Å²) in [7, 11) is 0. The van der Waals surface area contributed by atoms with E-state index in [4.69, 9.17) is 0 Å². The molecule has 13 heavy (non-hydrogen) atoms. The molecule has 1 rings (SSSR count). The predicted molar refractivity (Wildman–Crippen MR) is 54.4 cm³/mol. The van der Waals surface area contributed by atoms with Gasteiger partial charge in [0, 0.05) is 12.5 Å². The Morgan fingerprint density at radius 3 is 2.54 bits per heavy atom. The minimum atomic E-state index is 0.231. The topological polar surface area (TPSA) is 29.1 Å². The molecule has 0 aromatic carbocycles. The molecule has 1 aliphatic carbocycles. The van der Waals surface area contributed by atoms with Gasteiger partial charge < -0.3 is 5.32 Å². The molecule has 0 spiro atoms. The largest absolute Gasteiger partial charge is 0.353 e. The normalized spacial score (nSPS) is 27.1. The van der Waals surface area contributed by atoms with Crippen LogP contribution in [0.25, 0.3) is 0 Å². The Labute approximate surface area is 81.1 Å². The zero-order chi connectivity index (χ0) is 9.84. The van der Waals surface area contributed by atoms with Crippen molar-refractivity contribution in [3.8, 4) is 0 Å². The number of carbonyl (C=O) groups excluding carboxylic acids is 1. The Bertz CT molecular complexity index is 171. The van der Waals surface area contributed by atoms with Gasteiger partial charge in [0.15, 0.2) is 0 Å². The van der Waals surface area contributed by atoms with Crippen molar-refractivity contribution >= 4 is 5.91 Å². The van der Waals surface area contributed by atoms with Crippen molar-refractivity contribution in [3.05, 3.63) is 0 Å². The molecule has 1 saturated carbocycles. The molecule has 0 heterocycles. The maximum absolute atomic E-state index is 11.3. The Morgan fingerprint density at radius 1 is 1.46 bits per heavy atom. The Hall–Kier alpha value is -0.530. The molecule has 1 N–H and O–H groups in total. The van der Waals surface area contributed by atoms with Gasteiger partial charge in [-0.15, -0.1) is 0 Å². The van der Waals surface area contributed by atoms with Gasteiger partial charge in [-0.05, 0) is 24.7 Å². The van der Waals surface area contributed by atoms with Crippen LogP contribution in [0.3, 0.4) is 0 Å². The zero-order valence-electron chi connectivity index (χ0n) is 8.97. The first-order valence-electron chi connectivity index (χ1n) is 5.41. The second-order valence-electron chi connectivity index (χ2n) is 4.61. The molecular formula is C11H21NO. The van der Waals surface area contributed by atoms with Crippen LogP contribution >= 0.6 is 0 Å². The first kappa shape index (κ1) is 10.6. The average molecular weight is 183 g/mol. The van der Waals surface area contributed by atoms with Crippen molar-refractivity contribution in [1.29, 1.82) is 0 Å². The summed E-state index contributed by atoms with van der Waals surface area (Å²) in [5, 5.41) is 3.07. The molecule has 1 aliphatic rings. The van der Waals surface area contributed by atoms with Crippen molar-refractivity contribution in [3.63, 3.8) is 0 Å². The second kappa shape index (κ2) is 4.64. The van der Waals surface area contributed by atoms with Gasteiger partial charge in [0.1, 0.15) is 0 Å². The fraction of sp³-hybridized carbons (Fsp3) is 0.909. The van der Waals surface area contributed by atoms with Gasteiger partial charge in [0.05, 0.1) is 0 Å². The van der Waals surface area contributed by atoms with E-state index in [1.54, 1.807) is 0 Å². The first-order chi connectivity index (χ1) is 6.11. The van der Waals surface area contributed by atoms with E-state index in [9.17, 15) is 4.79 Å². The van der Waals surface area contributed by atoms with Crippen molar-refractivity contribution in [2.24, 2.45) is 11.8 Å². The molecule has 2 heteroatoms. The number of nitrogens with one attached hydrogen (secondary N) is 1. The smallest absolute Gasteiger partial charge is 0.220 e. The van der Waals surface area contributed by atoms with Crippen LogP contribution in [-0.2, 0) is 4.79 Å². The van der Waals surface area contributed by atoms with E-state index in [-0.39, 0.29) is 5.91 Å². The fourth-order valence-electron chi connectivity index (χ4n) is 1.84. The molecule has 0 saturated heterocycles. The second-order valence-corrected chi connectivity index (χ2v) is 4.61. The molecule has 0 atom stereocenters. The summed E-state index contributed by atoms with van der Waals surface area (Å²) in [6.07, 6.45) is 4.32. The lowest BCUT2D eigenvalue weighted by atomic mass is 9.78. The van der Waals surface area contributed by atoms with Crippen LogP contribution in [0.5, 0.6) is 0 Å². The summed E-state index contributed by atoms with van der Waals surface area (Å²) in [6, 6.07) is 0.483. The average Bonchev–Trinajstić information content (AvgIpc) is 1.94. The van der Waals surface area contributed by atoms with Crippen LogP contribution in [0.1, 0.15) is 46.5 Å². The molecule has 0 aromatic rings. The van der Waals surface area contributed by atoms with Crippen LogP contribution in [0, 0.1) is 11.8 Å². The Morgan fingerprint density at radius 2 is 2.08 bits per heavy atom. The predicted octanol–water partition coefficient (Wildman–Crippen LogP) is 2.34. The van der Waals surface area contributed by atoms with Crippen LogP contribution < -0.4 is 5.32 Å². The lowest BCUT2D eigenvalue weighted by Gasteiger charge is -2.35. The number of carbonyl (C=O) groups is 1. The summed E-state index contributed by atoms with van der Waals surface area (Å²) in [4.78, 5) is 11.3. The molecule has 0 radical (unpaired) electrons. The van der Waals surface area contributed by atoms with Crippen molar-refractivity contribution in [1.82, 2.24) is 5.32 Å². The summed E-state index contributed by atoms with van der Waals surface area (Å²) < 4.78 is 0. The molecule has 1 fully saturated rings.